The fraction of sp³-hybridized carbons (Fsp3) is 0.160. The van der Waals surface area contributed by atoms with Gasteiger partial charge in [0.1, 0.15) is 12.4 Å². The monoisotopic (exact) mass is 480 g/mol. The molecule has 0 bridgehead atoms. The van der Waals surface area contributed by atoms with Crippen LogP contribution in [0.4, 0.5) is 26.3 Å². The van der Waals surface area contributed by atoms with Crippen LogP contribution < -0.4 is 4.74 Å². The van der Waals surface area contributed by atoms with Crippen molar-refractivity contribution in [3.8, 4) is 16.9 Å². The van der Waals surface area contributed by atoms with Gasteiger partial charge in [-0.1, -0.05) is 42.5 Å². The second-order valence-electron chi connectivity index (χ2n) is 7.35. The molecule has 0 spiro atoms. The standard InChI is InChI=1S/C25H18F6O3/c26-24(27,28)20-11-17(12-21(15-20)25(29,30)31)5-3-9-34-22-8-2-7-19(14-22)18-6-1-4-16(10-18)13-23(32)33/h1-8,10-12,14-15H,9,13H2,(H,32,33)/b5-3+. The van der Waals surface area contributed by atoms with Gasteiger partial charge in [-0.15, -0.1) is 0 Å². The molecule has 0 radical (unpaired) electrons. The first-order chi connectivity index (χ1) is 15.9. The second kappa shape index (κ2) is 10.0. The Morgan fingerprint density at radius 1 is 0.824 bits per heavy atom. The molecule has 3 aromatic rings. The Kier molecular flexibility index (Phi) is 7.34. The van der Waals surface area contributed by atoms with Crippen molar-refractivity contribution >= 4 is 12.0 Å². The van der Waals surface area contributed by atoms with Gasteiger partial charge in [0, 0.05) is 0 Å². The van der Waals surface area contributed by atoms with Crippen LogP contribution in [0, 0.1) is 0 Å². The highest BCUT2D eigenvalue weighted by molar-refractivity contribution is 5.72. The van der Waals surface area contributed by atoms with E-state index in [4.69, 9.17) is 9.84 Å². The van der Waals surface area contributed by atoms with Gasteiger partial charge in [-0.05, 0) is 58.7 Å². The van der Waals surface area contributed by atoms with E-state index in [0.717, 1.165) is 17.2 Å². The Morgan fingerprint density at radius 2 is 1.41 bits per heavy atom. The SMILES string of the molecule is O=C(O)Cc1cccc(-c2cccc(OC/C=C/c3cc(C(F)(F)F)cc(C(F)(F)F)c3)c2)c1. The molecular weight excluding hydrogens is 462 g/mol. The molecule has 0 aromatic heterocycles. The zero-order chi connectivity index (χ0) is 24.9. The number of alkyl halides is 6. The maximum Gasteiger partial charge on any atom is 0.416 e. The fourth-order valence-electron chi connectivity index (χ4n) is 3.20. The van der Waals surface area contributed by atoms with Gasteiger partial charge in [-0.3, -0.25) is 4.79 Å². The smallest absolute Gasteiger partial charge is 0.416 e. The minimum Gasteiger partial charge on any atom is -0.490 e. The highest BCUT2D eigenvalue weighted by Crippen LogP contribution is 2.36. The van der Waals surface area contributed by atoms with E-state index >= 15 is 0 Å². The minimum absolute atomic E-state index is 0.0742. The molecule has 0 saturated carbocycles. The van der Waals surface area contributed by atoms with Crippen molar-refractivity contribution in [1.82, 2.24) is 0 Å². The third kappa shape index (κ3) is 6.87. The number of rotatable bonds is 7. The number of carboxylic acid groups (broad SMARTS) is 1. The quantitative estimate of drug-likeness (QED) is 0.367. The van der Waals surface area contributed by atoms with Crippen LogP contribution in [-0.2, 0) is 23.6 Å². The zero-order valence-electron chi connectivity index (χ0n) is 17.5. The van der Waals surface area contributed by atoms with Gasteiger partial charge in [0.25, 0.3) is 0 Å². The molecule has 0 aliphatic carbocycles. The molecule has 0 heterocycles. The zero-order valence-corrected chi connectivity index (χ0v) is 17.5. The van der Waals surface area contributed by atoms with Crippen molar-refractivity contribution in [2.24, 2.45) is 0 Å². The Bertz CT molecular complexity index is 1160. The summed E-state index contributed by atoms with van der Waals surface area (Å²) in [5.74, 6) is -0.532. The van der Waals surface area contributed by atoms with Gasteiger partial charge in [-0.25, -0.2) is 0 Å². The average molecular weight is 480 g/mol. The second-order valence-corrected chi connectivity index (χ2v) is 7.35. The Labute approximate surface area is 190 Å². The predicted molar refractivity (Wildman–Crippen MR) is 114 cm³/mol. The maximum absolute atomic E-state index is 13.0. The molecule has 9 heteroatoms. The van der Waals surface area contributed by atoms with Gasteiger partial charge in [0.15, 0.2) is 0 Å². The third-order valence-corrected chi connectivity index (χ3v) is 4.72. The lowest BCUT2D eigenvalue weighted by Crippen LogP contribution is -2.11. The minimum atomic E-state index is -4.91. The van der Waals surface area contributed by atoms with Crippen LogP contribution >= 0.6 is 0 Å². The average Bonchev–Trinajstić information content (AvgIpc) is 2.75. The topological polar surface area (TPSA) is 46.5 Å². The molecule has 3 nitrogen and oxygen atoms in total. The van der Waals surface area contributed by atoms with E-state index in [2.05, 4.69) is 0 Å². The fourth-order valence-corrected chi connectivity index (χ4v) is 3.20. The number of carbonyl (C=O) groups is 1. The molecule has 3 aromatic carbocycles. The summed E-state index contributed by atoms with van der Waals surface area (Å²) in [5, 5.41) is 8.95. The number of aliphatic carboxylic acids is 1. The first kappa shape index (κ1) is 24.9. The van der Waals surface area contributed by atoms with Gasteiger partial charge in [-0.2, -0.15) is 26.3 Å². The van der Waals surface area contributed by atoms with Gasteiger partial charge < -0.3 is 9.84 Å². The number of carboxylic acids is 1. The summed E-state index contributed by atoms with van der Waals surface area (Å²) < 4.78 is 83.3. The predicted octanol–water partition coefficient (Wildman–Crippen LogP) is 7.11. The maximum atomic E-state index is 13.0. The van der Waals surface area contributed by atoms with Crippen LogP contribution in [0.25, 0.3) is 17.2 Å². The van der Waals surface area contributed by atoms with Crippen LogP contribution in [0.1, 0.15) is 22.3 Å². The van der Waals surface area contributed by atoms with Crippen LogP contribution in [-0.4, -0.2) is 17.7 Å². The van der Waals surface area contributed by atoms with Crippen LogP contribution in [0.5, 0.6) is 5.75 Å². The summed E-state index contributed by atoms with van der Waals surface area (Å²) in [7, 11) is 0. The van der Waals surface area contributed by atoms with E-state index in [1.807, 2.05) is 0 Å². The molecule has 1 N–H and O–H groups in total. The largest absolute Gasteiger partial charge is 0.490 e. The molecule has 34 heavy (non-hydrogen) atoms. The Hall–Kier alpha value is -3.75. The van der Waals surface area contributed by atoms with Crippen LogP contribution in [0.3, 0.4) is 0 Å². The highest BCUT2D eigenvalue weighted by Gasteiger charge is 2.36. The van der Waals surface area contributed by atoms with Crippen molar-refractivity contribution in [3.05, 3.63) is 95.1 Å². The molecular formula is C25H18F6O3. The molecule has 0 aliphatic rings. The molecule has 0 unspecified atom stereocenters. The van der Waals surface area contributed by atoms with E-state index < -0.39 is 29.4 Å². The van der Waals surface area contributed by atoms with Gasteiger partial charge in [0.2, 0.25) is 0 Å². The lowest BCUT2D eigenvalue weighted by Gasteiger charge is -2.13. The number of benzene rings is 3. The number of hydrogen-bond acceptors (Lipinski definition) is 2. The number of ether oxygens (including phenoxy) is 1. The molecule has 3 rings (SSSR count). The van der Waals surface area contributed by atoms with Crippen molar-refractivity contribution in [2.45, 2.75) is 18.8 Å². The first-order valence-corrected chi connectivity index (χ1v) is 9.92. The number of hydrogen-bond donors (Lipinski definition) is 1. The summed E-state index contributed by atoms with van der Waals surface area (Å²) in [6, 6.07) is 15.1. The van der Waals surface area contributed by atoms with Crippen molar-refractivity contribution in [3.63, 3.8) is 0 Å². The lowest BCUT2D eigenvalue weighted by atomic mass is 10.0. The van der Waals surface area contributed by atoms with Crippen LogP contribution in [0.15, 0.2) is 72.8 Å². The molecule has 0 aliphatic heterocycles. The molecule has 0 fully saturated rings. The van der Waals surface area contributed by atoms with Crippen LogP contribution in [0.2, 0.25) is 0 Å². The summed E-state index contributed by atoms with van der Waals surface area (Å²) in [6.45, 7) is -0.0971. The summed E-state index contributed by atoms with van der Waals surface area (Å²) in [5.41, 5.74) is -0.889. The van der Waals surface area contributed by atoms with E-state index in [1.54, 1.807) is 48.5 Å². The number of halogens is 6. The van der Waals surface area contributed by atoms with E-state index in [1.165, 1.54) is 6.08 Å². The normalized spacial score (nSPS) is 12.2. The summed E-state index contributed by atoms with van der Waals surface area (Å²) in [4.78, 5) is 10.9. The molecule has 178 valence electrons. The summed E-state index contributed by atoms with van der Waals surface area (Å²) in [6.07, 6.45) is -7.51. The van der Waals surface area contributed by atoms with Crippen molar-refractivity contribution in [1.29, 1.82) is 0 Å². The first-order valence-electron chi connectivity index (χ1n) is 9.92. The van der Waals surface area contributed by atoms with E-state index in [9.17, 15) is 31.1 Å². The van der Waals surface area contributed by atoms with E-state index in [0.29, 0.717) is 23.4 Å². The van der Waals surface area contributed by atoms with Crippen molar-refractivity contribution in [2.75, 3.05) is 6.61 Å². The Balaban J connectivity index is 1.73. The Morgan fingerprint density at radius 3 is 2.00 bits per heavy atom. The summed E-state index contributed by atoms with van der Waals surface area (Å²) >= 11 is 0. The van der Waals surface area contributed by atoms with Gasteiger partial charge in [0.05, 0.1) is 17.5 Å². The molecule has 0 atom stereocenters. The molecule has 0 amide bonds. The van der Waals surface area contributed by atoms with Gasteiger partial charge >= 0.3 is 18.3 Å². The lowest BCUT2D eigenvalue weighted by molar-refractivity contribution is -0.143. The van der Waals surface area contributed by atoms with Crippen molar-refractivity contribution < 1.29 is 41.0 Å². The highest BCUT2D eigenvalue weighted by atomic mass is 19.4. The molecule has 0 saturated heterocycles. The third-order valence-electron chi connectivity index (χ3n) is 4.72. The van der Waals surface area contributed by atoms with E-state index in [-0.39, 0.29) is 24.7 Å².